The molecule has 0 aliphatic carbocycles. The minimum atomic E-state index is -4.70. The van der Waals surface area contributed by atoms with Crippen molar-refractivity contribution in [1.29, 1.82) is 0 Å². The molecule has 0 amide bonds. The summed E-state index contributed by atoms with van der Waals surface area (Å²) in [5.41, 5.74) is -2.18. The molecule has 0 saturated carbocycles. The van der Waals surface area contributed by atoms with Crippen LogP contribution in [0.5, 0.6) is 0 Å². The van der Waals surface area contributed by atoms with Crippen LogP contribution >= 0.6 is 22.6 Å². The minimum Gasteiger partial charge on any atom is -0.258 e. The Hall–Kier alpha value is -0.860. The lowest BCUT2D eigenvalue weighted by Gasteiger charge is -2.11. The number of hydrogen-bond donors (Lipinski definition) is 0. The normalized spacial score (nSPS) is 11.5. The van der Waals surface area contributed by atoms with E-state index in [9.17, 15) is 23.3 Å². The first-order chi connectivity index (χ1) is 6.75. The van der Waals surface area contributed by atoms with E-state index >= 15 is 0 Å². The van der Waals surface area contributed by atoms with Crippen molar-refractivity contribution >= 4 is 28.3 Å². The molecule has 0 saturated heterocycles. The predicted octanol–water partition coefficient (Wildman–Crippen LogP) is 3.53. The summed E-state index contributed by atoms with van der Waals surface area (Å²) in [6.45, 7) is 1.20. The van der Waals surface area contributed by atoms with Gasteiger partial charge in [-0.3, -0.25) is 10.1 Å². The van der Waals surface area contributed by atoms with Crippen LogP contribution < -0.4 is 0 Å². The summed E-state index contributed by atoms with van der Waals surface area (Å²) in [5.74, 6) is 0. The number of benzene rings is 1. The molecule has 0 aliphatic rings. The van der Waals surface area contributed by atoms with Crippen molar-refractivity contribution in [2.24, 2.45) is 0 Å². The van der Waals surface area contributed by atoms with Crippen LogP contribution in [0, 0.1) is 20.6 Å². The third-order valence-corrected chi connectivity index (χ3v) is 2.67. The van der Waals surface area contributed by atoms with Crippen LogP contribution in [-0.2, 0) is 6.18 Å². The van der Waals surface area contributed by atoms with Gasteiger partial charge in [0.15, 0.2) is 0 Å². The standard InChI is InChI=1S/C8H5F3INO2/c1-4-2-3-5(12)7(13(14)15)6(4)8(9,10)11/h2-3H,1H3. The molecular formula is C8H5F3INO2. The fourth-order valence-electron chi connectivity index (χ4n) is 1.20. The lowest BCUT2D eigenvalue weighted by molar-refractivity contribution is -0.389. The summed E-state index contributed by atoms with van der Waals surface area (Å²) in [4.78, 5) is 9.54. The summed E-state index contributed by atoms with van der Waals surface area (Å²) in [6.07, 6.45) is -4.70. The number of rotatable bonds is 1. The lowest BCUT2D eigenvalue weighted by atomic mass is 10.1. The second kappa shape index (κ2) is 3.95. The monoisotopic (exact) mass is 331 g/mol. The quantitative estimate of drug-likeness (QED) is 0.449. The highest BCUT2D eigenvalue weighted by Gasteiger charge is 2.41. The smallest absolute Gasteiger partial charge is 0.258 e. The van der Waals surface area contributed by atoms with E-state index in [2.05, 4.69) is 0 Å². The summed E-state index contributed by atoms with van der Waals surface area (Å²) in [5, 5.41) is 10.5. The van der Waals surface area contributed by atoms with Gasteiger partial charge >= 0.3 is 6.18 Å². The number of nitrogens with zero attached hydrogens (tertiary/aromatic N) is 1. The second-order valence-electron chi connectivity index (χ2n) is 2.84. The first kappa shape index (κ1) is 12.2. The third kappa shape index (κ3) is 2.39. The average Bonchev–Trinajstić information content (AvgIpc) is 2.05. The molecule has 15 heavy (non-hydrogen) atoms. The summed E-state index contributed by atoms with van der Waals surface area (Å²) >= 11 is 1.52. The van der Waals surface area contributed by atoms with Crippen molar-refractivity contribution in [3.8, 4) is 0 Å². The van der Waals surface area contributed by atoms with E-state index in [1.165, 1.54) is 41.6 Å². The van der Waals surface area contributed by atoms with Crippen molar-refractivity contribution in [1.82, 2.24) is 0 Å². The van der Waals surface area contributed by atoms with E-state index in [-0.39, 0.29) is 9.13 Å². The van der Waals surface area contributed by atoms with Gasteiger partial charge in [-0.25, -0.2) is 0 Å². The van der Waals surface area contributed by atoms with E-state index < -0.39 is 22.4 Å². The second-order valence-corrected chi connectivity index (χ2v) is 4.00. The highest BCUT2D eigenvalue weighted by molar-refractivity contribution is 14.1. The molecule has 0 radical (unpaired) electrons. The van der Waals surface area contributed by atoms with Crippen molar-refractivity contribution in [2.45, 2.75) is 13.1 Å². The number of alkyl halides is 3. The number of hydrogen-bond acceptors (Lipinski definition) is 2. The Morgan fingerprint density at radius 3 is 2.27 bits per heavy atom. The Bertz CT molecular complexity index is 417. The first-order valence-electron chi connectivity index (χ1n) is 3.76. The van der Waals surface area contributed by atoms with E-state index in [4.69, 9.17) is 0 Å². The summed E-state index contributed by atoms with van der Waals surface area (Å²) in [6, 6.07) is 2.51. The van der Waals surface area contributed by atoms with Gasteiger partial charge in [0.25, 0.3) is 5.69 Å². The van der Waals surface area contributed by atoms with Crippen molar-refractivity contribution < 1.29 is 18.1 Å². The third-order valence-electron chi connectivity index (χ3n) is 1.80. The molecule has 0 unspecified atom stereocenters. The Balaban J connectivity index is 3.60. The largest absolute Gasteiger partial charge is 0.423 e. The van der Waals surface area contributed by atoms with E-state index in [0.29, 0.717) is 0 Å². The molecule has 7 heteroatoms. The summed E-state index contributed by atoms with van der Waals surface area (Å²) < 4.78 is 37.6. The van der Waals surface area contributed by atoms with E-state index in [1.54, 1.807) is 0 Å². The Labute approximate surface area is 96.6 Å². The van der Waals surface area contributed by atoms with Gasteiger partial charge < -0.3 is 0 Å². The maximum absolute atomic E-state index is 12.5. The van der Waals surface area contributed by atoms with Gasteiger partial charge in [0.2, 0.25) is 0 Å². The molecule has 0 aliphatic heterocycles. The van der Waals surface area contributed by atoms with Crippen LogP contribution in [0.1, 0.15) is 11.1 Å². The number of halogens is 4. The van der Waals surface area contributed by atoms with Gasteiger partial charge in [0.1, 0.15) is 5.56 Å². The van der Waals surface area contributed by atoms with E-state index in [1.807, 2.05) is 0 Å². The van der Waals surface area contributed by atoms with Crippen molar-refractivity contribution in [3.05, 3.63) is 36.9 Å². The van der Waals surface area contributed by atoms with Gasteiger partial charge in [-0.1, -0.05) is 6.07 Å². The average molecular weight is 331 g/mol. The highest BCUT2D eigenvalue weighted by Crippen LogP contribution is 2.40. The molecule has 3 nitrogen and oxygen atoms in total. The molecule has 0 spiro atoms. The van der Waals surface area contributed by atoms with Crippen LogP contribution in [0.2, 0.25) is 0 Å². The molecule has 0 fully saturated rings. The van der Waals surface area contributed by atoms with Crippen molar-refractivity contribution in [2.75, 3.05) is 0 Å². The zero-order valence-corrected chi connectivity index (χ0v) is 9.59. The van der Waals surface area contributed by atoms with Gasteiger partial charge in [-0.2, -0.15) is 13.2 Å². The molecule has 1 aromatic carbocycles. The molecule has 1 rings (SSSR count). The fourth-order valence-corrected chi connectivity index (χ4v) is 1.85. The highest BCUT2D eigenvalue weighted by atomic mass is 127. The van der Waals surface area contributed by atoms with Crippen LogP contribution in [0.3, 0.4) is 0 Å². The molecule has 0 N–H and O–H groups in total. The van der Waals surface area contributed by atoms with Gasteiger partial charge in [0, 0.05) is 0 Å². The molecule has 0 heterocycles. The van der Waals surface area contributed by atoms with Crippen LogP contribution in [0.25, 0.3) is 0 Å². The SMILES string of the molecule is Cc1ccc(I)c([N+](=O)[O-])c1C(F)(F)F. The predicted molar refractivity (Wildman–Crippen MR) is 55.6 cm³/mol. The number of nitro benzene ring substituents is 1. The van der Waals surface area contributed by atoms with E-state index in [0.717, 1.165) is 0 Å². The Morgan fingerprint density at radius 2 is 1.93 bits per heavy atom. The van der Waals surface area contributed by atoms with Crippen LogP contribution in [0.15, 0.2) is 12.1 Å². The van der Waals surface area contributed by atoms with Gasteiger partial charge in [-0.15, -0.1) is 0 Å². The topological polar surface area (TPSA) is 43.1 Å². The van der Waals surface area contributed by atoms with Crippen molar-refractivity contribution in [3.63, 3.8) is 0 Å². The Kier molecular flexibility index (Phi) is 3.22. The van der Waals surface area contributed by atoms with Gasteiger partial charge in [0.05, 0.1) is 8.49 Å². The molecular weight excluding hydrogens is 326 g/mol. The zero-order chi connectivity index (χ0) is 11.8. The maximum Gasteiger partial charge on any atom is 0.423 e. The first-order valence-corrected chi connectivity index (χ1v) is 4.83. The minimum absolute atomic E-state index is 0.0180. The fraction of sp³-hybridized carbons (Fsp3) is 0.250. The maximum atomic E-state index is 12.5. The lowest BCUT2D eigenvalue weighted by Crippen LogP contribution is -2.12. The molecule has 82 valence electrons. The van der Waals surface area contributed by atoms with Crippen LogP contribution in [-0.4, -0.2) is 4.92 Å². The Morgan fingerprint density at radius 1 is 1.40 bits per heavy atom. The zero-order valence-electron chi connectivity index (χ0n) is 7.43. The summed E-state index contributed by atoms with van der Waals surface area (Å²) in [7, 11) is 0. The number of nitro groups is 1. The molecule has 1 aromatic rings. The molecule has 0 atom stereocenters. The molecule has 0 bridgehead atoms. The van der Waals surface area contributed by atoms with Crippen LogP contribution in [0.4, 0.5) is 18.9 Å². The number of aryl methyl sites for hydroxylation is 1. The molecule has 0 aromatic heterocycles. The van der Waals surface area contributed by atoms with Gasteiger partial charge in [-0.05, 0) is 41.1 Å².